The summed E-state index contributed by atoms with van der Waals surface area (Å²) in [5, 5.41) is 65.9. The lowest BCUT2D eigenvalue weighted by atomic mass is 9.82. The highest BCUT2D eigenvalue weighted by atomic mass is 16.4. The standard InChI is InChI=1S/C17H26N2O3.C11H12N2O3/c1-2-3-4-5-6-7-8-9-14-10-15(12-18-21)17(20)16(11-14)13-19-22;1-2-11(7-12-15,8-13-16)9-5-3-4-6-10(9)14/h10-13,20-22H,2-9H2,1H3;2-8,14-16H,1H2. The average molecular weight is 527 g/mol. The van der Waals surface area contributed by atoms with Crippen LogP contribution < -0.4 is 0 Å². The van der Waals surface area contributed by atoms with Gasteiger partial charge in [-0.3, -0.25) is 0 Å². The number of nitrogens with zero attached hydrogens (tertiary/aromatic N) is 4. The molecule has 0 atom stereocenters. The summed E-state index contributed by atoms with van der Waals surface area (Å²) in [4.78, 5) is 0. The van der Waals surface area contributed by atoms with Gasteiger partial charge in [-0.15, -0.1) is 16.9 Å². The van der Waals surface area contributed by atoms with Crippen LogP contribution in [-0.2, 0) is 11.8 Å². The maximum Gasteiger partial charge on any atom is 0.133 e. The van der Waals surface area contributed by atoms with Crippen LogP contribution in [0.1, 0.15) is 74.1 Å². The number of hydrogen-bond donors (Lipinski definition) is 6. The van der Waals surface area contributed by atoms with Gasteiger partial charge in [0.1, 0.15) is 11.5 Å². The van der Waals surface area contributed by atoms with E-state index in [0.29, 0.717) is 16.7 Å². The molecular weight excluding hydrogens is 488 g/mol. The van der Waals surface area contributed by atoms with E-state index in [-0.39, 0.29) is 11.5 Å². The SMILES string of the molecule is C=CC(C=NO)(C=NO)c1ccccc1O.CCCCCCCCCc1cc(C=NO)c(O)c(C=NO)c1. The van der Waals surface area contributed by atoms with Crippen molar-refractivity contribution in [3.05, 3.63) is 71.3 Å². The summed E-state index contributed by atoms with van der Waals surface area (Å²) in [6, 6.07) is 10.0. The van der Waals surface area contributed by atoms with Gasteiger partial charge in [-0.1, -0.05) is 80.0 Å². The molecule has 0 unspecified atom stereocenters. The molecule has 0 saturated carbocycles. The van der Waals surface area contributed by atoms with E-state index >= 15 is 0 Å². The summed E-state index contributed by atoms with van der Waals surface area (Å²) in [5.41, 5.74) is 1.11. The predicted molar refractivity (Wildman–Crippen MR) is 149 cm³/mol. The lowest BCUT2D eigenvalue weighted by Gasteiger charge is -2.21. The molecule has 0 aromatic heterocycles. The number of phenolic OH excluding ortho intramolecular Hbond substituents is 2. The maximum absolute atomic E-state index is 9.96. The number of aryl methyl sites for hydroxylation is 1. The van der Waals surface area contributed by atoms with Gasteiger partial charge in [0, 0.05) is 16.7 Å². The third-order valence-electron chi connectivity index (χ3n) is 5.94. The molecule has 0 radical (unpaired) electrons. The first-order chi connectivity index (χ1) is 18.4. The number of hydrogen-bond acceptors (Lipinski definition) is 10. The number of para-hydroxylation sites is 1. The number of allylic oxidation sites excluding steroid dienone is 1. The maximum atomic E-state index is 9.96. The molecule has 0 bridgehead atoms. The van der Waals surface area contributed by atoms with E-state index in [1.807, 2.05) is 0 Å². The highest BCUT2D eigenvalue weighted by molar-refractivity contribution is 5.99. The van der Waals surface area contributed by atoms with Gasteiger partial charge in [0.05, 0.1) is 30.3 Å². The van der Waals surface area contributed by atoms with Crippen LogP contribution >= 0.6 is 0 Å². The average Bonchev–Trinajstić information content (AvgIpc) is 2.91. The first-order valence-corrected chi connectivity index (χ1v) is 12.4. The normalized spacial score (nSPS) is 13.2. The van der Waals surface area contributed by atoms with Crippen LogP contribution in [0.25, 0.3) is 0 Å². The second kappa shape index (κ2) is 18.0. The third-order valence-corrected chi connectivity index (χ3v) is 5.94. The molecule has 10 nitrogen and oxygen atoms in total. The Kier molecular flexibility index (Phi) is 15.0. The van der Waals surface area contributed by atoms with Crippen molar-refractivity contribution in [2.24, 2.45) is 20.6 Å². The zero-order chi connectivity index (χ0) is 28.2. The summed E-state index contributed by atoms with van der Waals surface area (Å²) in [7, 11) is 0. The van der Waals surface area contributed by atoms with Gasteiger partial charge in [0.15, 0.2) is 0 Å². The minimum Gasteiger partial charge on any atom is -0.508 e. The fourth-order valence-electron chi connectivity index (χ4n) is 3.91. The van der Waals surface area contributed by atoms with Crippen molar-refractivity contribution in [1.82, 2.24) is 0 Å². The highest BCUT2D eigenvalue weighted by Crippen LogP contribution is 2.29. The van der Waals surface area contributed by atoms with Crippen molar-refractivity contribution in [2.45, 2.75) is 63.7 Å². The Labute approximate surface area is 223 Å². The molecule has 0 heterocycles. The van der Waals surface area contributed by atoms with Crippen molar-refractivity contribution in [1.29, 1.82) is 0 Å². The van der Waals surface area contributed by atoms with E-state index in [1.54, 1.807) is 30.3 Å². The highest BCUT2D eigenvalue weighted by Gasteiger charge is 2.28. The minimum absolute atomic E-state index is 0.0119. The van der Waals surface area contributed by atoms with Crippen LogP contribution in [0.3, 0.4) is 0 Å². The van der Waals surface area contributed by atoms with Gasteiger partial charge in [-0.25, -0.2) is 0 Å². The number of unbranched alkanes of at least 4 members (excludes halogenated alkanes) is 6. The van der Waals surface area contributed by atoms with E-state index in [1.165, 1.54) is 63.1 Å². The van der Waals surface area contributed by atoms with E-state index in [4.69, 9.17) is 20.8 Å². The third kappa shape index (κ3) is 9.96. The van der Waals surface area contributed by atoms with Gasteiger partial charge < -0.3 is 31.0 Å². The van der Waals surface area contributed by atoms with Crippen LogP contribution in [-0.4, -0.2) is 55.9 Å². The van der Waals surface area contributed by atoms with Crippen molar-refractivity contribution in [3.63, 3.8) is 0 Å². The summed E-state index contributed by atoms with van der Waals surface area (Å²) < 4.78 is 0. The second-order valence-corrected chi connectivity index (χ2v) is 8.63. The summed E-state index contributed by atoms with van der Waals surface area (Å²) in [6.45, 7) is 5.79. The molecule has 0 amide bonds. The van der Waals surface area contributed by atoms with Crippen molar-refractivity contribution < 1.29 is 31.0 Å². The van der Waals surface area contributed by atoms with Gasteiger partial charge in [-0.05, 0) is 36.6 Å². The van der Waals surface area contributed by atoms with Crippen molar-refractivity contribution in [2.75, 3.05) is 0 Å². The van der Waals surface area contributed by atoms with E-state index < -0.39 is 5.41 Å². The Morgan fingerprint density at radius 2 is 1.29 bits per heavy atom. The monoisotopic (exact) mass is 526 g/mol. The second-order valence-electron chi connectivity index (χ2n) is 8.63. The molecule has 0 aliphatic carbocycles. The molecule has 38 heavy (non-hydrogen) atoms. The molecule has 206 valence electrons. The Hall–Kier alpha value is -4.34. The summed E-state index contributed by atoms with van der Waals surface area (Å²) >= 11 is 0. The Morgan fingerprint density at radius 1 is 0.763 bits per heavy atom. The topological polar surface area (TPSA) is 171 Å². The van der Waals surface area contributed by atoms with Crippen molar-refractivity contribution >= 4 is 24.9 Å². The van der Waals surface area contributed by atoms with Crippen molar-refractivity contribution in [3.8, 4) is 11.5 Å². The largest absolute Gasteiger partial charge is 0.508 e. The number of phenols is 2. The smallest absolute Gasteiger partial charge is 0.133 e. The van der Waals surface area contributed by atoms with Crippen LogP contribution in [0.2, 0.25) is 0 Å². The van der Waals surface area contributed by atoms with E-state index in [2.05, 4.69) is 34.1 Å². The quantitative estimate of drug-likeness (QED) is 0.0576. The molecule has 10 heteroatoms. The first kappa shape index (κ1) is 31.7. The molecule has 2 aromatic carbocycles. The lowest BCUT2D eigenvalue weighted by molar-refractivity contribution is 0.315. The van der Waals surface area contributed by atoms with Gasteiger partial charge in [0.25, 0.3) is 0 Å². The number of benzene rings is 2. The molecule has 0 saturated heterocycles. The zero-order valence-corrected chi connectivity index (χ0v) is 21.7. The summed E-state index contributed by atoms with van der Waals surface area (Å²) in [5.74, 6) is -0.0684. The summed E-state index contributed by atoms with van der Waals surface area (Å²) in [6.07, 6.45) is 15.5. The van der Waals surface area contributed by atoms with Crippen LogP contribution in [0, 0.1) is 0 Å². The Bertz CT molecular complexity index is 1050. The fraction of sp³-hybridized carbons (Fsp3) is 0.357. The predicted octanol–water partition coefficient (Wildman–Crippen LogP) is 6.04. The molecule has 2 rings (SSSR count). The molecule has 0 spiro atoms. The molecule has 0 aliphatic rings. The van der Waals surface area contributed by atoms with Gasteiger partial charge in [-0.2, -0.15) is 0 Å². The number of rotatable bonds is 14. The molecule has 6 N–H and O–H groups in total. The fourth-order valence-corrected chi connectivity index (χ4v) is 3.91. The Balaban J connectivity index is 0.000000399. The van der Waals surface area contributed by atoms with E-state index in [0.717, 1.165) is 30.8 Å². The van der Waals surface area contributed by atoms with E-state index in [9.17, 15) is 10.2 Å². The molecular formula is C28H38N4O6. The van der Waals surface area contributed by atoms with Crippen LogP contribution in [0.5, 0.6) is 11.5 Å². The minimum atomic E-state index is -1.14. The van der Waals surface area contributed by atoms with Gasteiger partial charge in [0.2, 0.25) is 0 Å². The Morgan fingerprint density at radius 3 is 1.76 bits per heavy atom. The zero-order valence-electron chi connectivity index (χ0n) is 21.7. The lowest BCUT2D eigenvalue weighted by Crippen LogP contribution is -2.27. The van der Waals surface area contributed by atoms with Crippen LogP contribution in [0.15, 0.2) is 69.7 Å². The number of oxime groups is 4. The van der Waals surface area contributed by atoms with Gasteiger partial charge >= 0.3 is 0 Å². The molecule has 2 aromatic rings. The molecule has 0 fully saturated rings. The van der Waals surface area contributed by atoms with Crippen LogP contribution in [0.4, 0.5) is 0 Å². The first-order valence-electron chi connectivity index (χ1n) is 12.4. The number of aromatic hydroxyl groups is 2. The molecule has 0 aliphatic heterocycles.